The molecule has 0 aliphatic rings. The van der Waals surface area contributed by atoms with E-state index >= 15 is 0 Å². The van der Waals surface area contributed by atoms with Crippen LogP contribution in [0.4, 0.5) is 5.69 Å². The predicted octanol–water partition coefficient (Wildman–Crippen LogP) is 2.61. The van der Waals surface area contributed by atoms with Crippen molar-refractivity contribution in [3.8, 4) is 0 Å². The van der Waals surface area contributed by atoms with Gasteiger partial charge in [0.1, 0.15) is 5.78 Å². The fourth-order valence-corrected chi connectivity index (χ4v) is 0.817. The van der Waals surface area contributed by atoms with Crippen molar-refractivity contribution < 1.29 is 4.79 Å². The van der Waals surface area contributed by atoms with Crippen LogP contribution in [0.25, 0.3) is 0 Å². The Bertz CT molecular complexity index is 303. The Kier molecular flexibility index (Phi) is 3.38. The van der Waals surface area contributed by atoms with Crippen LogP contribution >= 0.6 is 0 Å². The second-order valence-electron chi connectivity index (χ2n) is 3.01. The summed E-state index contributed by atoms with van der Waals surface area (Å²) >= 11 is 0. The maximum atomic E-state index is 10.9. The van der Waals surface area contributed by atoms with Crippen LogP contribution in [0.5, 0.6) is 0 Å². The standard InChI is InChI=1S/C11H13NO/c1-9(10(2)13)8-12-11-6-4-3-5-7-11/h3-9H,1-2H3. The van der Waals surface area contributed by atoms with Gasteiger partial charge in [0.2, 0.25) is 0 Å². The maximum Gasteiger partial charge on any atom is 0.137 e. The number of carbonyl (C=O) groups excluding carboxylic acids is 1. The summed E-state index contributed by atoms with van der Waals surface area (Å²) in [6, 6.07) is 9.59. The lowest BCUT2D eigenvalue weighted by molar-refractivity contribution is -0.118. The summed E-state index contributed by atoms with van der Waals surface area (Å²) in [5.74, 6) is 0.0416. The van der Waals surface area contributed by atoms with E-state index in [0.29, 0.717) is 0 Å². The van der Waals surface area contributed by atoms with Crippen LogP contribution in [-0.4, -0.2) is 12.0 Å². The Morgan fingerprint density at radius 3 is 2.54 bits per heavy atom. The van der Waals surface area contributed by atoms with Crippen molar-refractivity contribution >= 4 is 17.7 Å². The molecule has 0 aromatic heterocycles. The first kappa shape index (κ1) is 9.65. The number of benzene rings is 1. The number of aliphatic imine (C=N–C) groups is 1. The molecular weight excluding hydrogens is 162 g/mol. The monoisotopic (exact) mass is 175 g/mol. The summed E-state index contributed by atoms with van der Waals surface area (Å²) < 4.78 is 0. The Morgan fingerprint density at radius 2 is 2.00 bits per heavy atom. The molecule has 68 valence electrons. The average molecular weight is 175 g/mol. The van der Waals surface area contributed by atoms with Gasteiger partial charge in [0.25, 0.3) is 0 Å². The lowest BCUT2D eigenvalue weighted by atomic mass is 10.1. The van der Waals surface area contributed by atoms with E-state index in [9.17, 15) is 4.79 Å². The van der Waals surface area contributed by atoms with Crippen molar-refractivity contribution in [1.29, 1.82) is 0 Å². The van der Waals surface area contributed by atoms with Crippen LogP contribution < -0.4 is 0 Å². The molecule has 13 heavy (non-hydrogen) atoms. The SMILES string of the molecule is CC(=O)C(C)C=Nc1ccccc1. The molecule has 2 nitrogen and oxygen atoms in total. The van der Waals surface area contributed by atoms with Crippen molar-refractivity contribution in [2.45, 2.75) is 13.8 Å². The second kappa shape index (κ2) is 4.55. The van der Waals surface area contributed by atoms with Crippen LogP contribution in [0.3, 0.4) is 0 Å². The molecule has 1 rings (SSSR count). The number of carbonyl (C=O) groups is 1. The number of para-hydroxylation sites is 1. The molecule has 0 aliphatic heterocycles. The van der Waals surface area contributed by atoms with E-state index in [1.807, 2.05) is 37.3 Å². The largest absolute Gasteiger partial charge is 0.299 e. The lowest BCUT2D eigenvalue weighted by Gasteiger charge is -1.97. The minimum Gasteiger partial charge on any atom is -0.299 e. The summed E-state index contributed by atoms with van der Waals surface area (Å²) in [6.45, 7) is 3.41. The zero-order chi connectivity index (χ0) is 9.68. The van der Waals surface area contributed by atoms with Crippen molar-refractivity contribution in [3.63, 3.8) is 0 Å². The van der Waals surface area contributed by atoms with E-state index in [-0.39, 0.29) is 11.7 Å². The number of ketones is 1. The number of hydrogen-bond acceptors (Lipinski definition) is 2. The minimum atomic E-state index is -0.0970. The normalized spacial score (nSPS) is 13.1. The topological polar surface area (TPSA) is 29.4 Å². The lowest BCUT2D eigenvalue weighted by Crippen LogP contribution is -2.06. The first-order chi connectivity index (χ1) is 6.20. The summed E-state index contributed by atoms with van der Waals surface area (Å²) in [7, 11) is 0. The highest BCUT2D eigenvalue weighted by atomic mass is 16.1. The van der Waals surface area contributed by atoms with Crippen LogP contribution in [-0.2, 0) is 4.79 Å². The van der Waals surface area contributed by atoms with Crippen molar-refractivity contribution in [3.05, 3.63) is 30.3 Å². The Hall–Kier alpha value is -1.44. The summed E-state index contributed by atoms with van der Waals surface area (Å²) in [4.78, 5) is 15.1. The number of hydrogen-bond donors (Lipinski definition) is 0. The van der Waals surface area contributed by atoms with Crippen LogP contribution in [0, 0.1) is 5.92 Å². The highest BCUT2D eigenvalue weighted by molar-refractivity contribution is 5.93. The van der Waals surface area contributed by atoms with Gasteiger partial charge in [-0.15, -0.1) is 0 Å². The molecule has 0 saturated carbocycles. The molecule has 0 heterocycles. The first-order valence-corrected chi connectivity index (χ1v) is 4.30. The second-order valence-corrected chi connectivity index (χ2v) is 3.01. The van der Waals surface area contributed by atoms with E-state index in [4.69, 9.17) is 0 Å². The molecule has 1 aromatic rings. The third-order valence-corrected chi connectivity index (χ3v) is 1.84. The van der Waals surface area contributed by atoms with E-state index in [1.54, 1.807) is 13.1 Å². The van der Waals surface area contributed by atoms with Crippen molar-refractivity contribution in [2.24, 2.45) is 10.9 Å². The Labute approximate surface area is 78.3 Å². The fraction of sp³-hybridized carbons (Fsp3) is 0.273. The third kappa shape index (κ3) is 3.20. The maximum absolute atomic E-state index is 10.9. The Balaban J connectivity index is 2.64. The molecule has 1 atom stereocenters. The summed E-state index contributed by atoms with van der Waals surface area (Å²) in [5.41, 5.74) is 0.885. The minimum absolute atomic E-state index is 0.0970. The predicted molar refractivity (Wildman–Crippen MR) is 54.4 cm³/mol. The molecule has 0 saturated heterocycles. The third-order valence-electron chi connectivity index (χ3n) is 1.84. The molecule has 1 unspecified atom stereocenters. The van der Waals surface area contributed by atoms with Gasteiger partial charge < -0.3 is 0 Å². The fourth-order valence-electron chi connectivity index (χ4n) is 0.817. The first-order valence-electron chi connectivity index (χ1n) is 4.30. The van der Waals surface area contributed by atoms with Crippen molar-refractivity contribution in [2.75, 3.05) is 0 Å². The van der Waals surface area contributed by atoms with Crippen LogP contribution in [0.2, 0.25) is 0 Å². The number of Topliss-reactive ketones (excluding diaryl/α,β-unsaturated/α-hetero) is 1. The highest BCUT2D eigenvalue weighted by Gasteiger charge is 2.02. The van der Waals surface area contributed by atoms with E-state index < -0.39 is 0 Å². The summed E-state index contributed by atoms with van der Waals surface area (Å²) in [6.07, 6.45) is 1.68. The number of rotatable bonds is 3. The zero-order valence-corrected chi connectivity index (χ0v) is 7.90. The highest BCUT2D eigenvalue weighted by Crippen LogP contribution is 2.09. The van der Waals surface area contributed by atoms with Gasteiger partial charge in [0.15, 0.2) is 0 Å². The smallest absolute Gasteiger partial charge is 0.137 e. The van der Waals surface area contributed by atoms with E-state index in [0.717, 1.165) is 5.69 Å². The molecule has 0 bridgehead atoms. The molecule has 0 N–H and O–H groups in total. The molecule has 0 amide bonds. The molecule has 0 fully saturated rings. The van der Waals surface area contributed by atoms with Gasteiger partial charge in [-0.3, -0.25) is 9.79 Å². The Morgan fingerprint density at radius 1 is 1.38 bits per heavy atom. The molecule has 2 heteroatoms. The molecule has 0 spiro atoms. The molecular formula is C11H13NO. The summed E-state index contributed by atoms with van der Waals surface area (Å²) in [5, 5.41) is 0. The van der Waals surface area contributed by atoms with Gasteiger partial charge >= 0.3 is 0 Å². The van der Waals surface area contributed by atoms with E-state index in [2.05, 4.69) is 4.99 Å². The van der Waals surface area contributed by atoms with E-state index in [1.165, 1.54) is 0 Å². The van der Waals surface area contributed by atoms with Gasteiger partial charge in [0, 0.05) is 12.1 Å². The molecule has 1 aromatic carbocycles. The zero-order valence-electron chi connectivity index (χ0n) is 7.90. The van der Waals surface area contributed by atoms with Gasteiger partial charge in [-0.2, -0.15) is 0 Å². The van der Waals surface area contributed by atoms with Gasteiger partial charge in [0.05, 0.1) is 5.69 Å². The van der Waals surface area contributed by atoms with Crippen LogP contribution in [0.15, 0.2) is 35.3 Å². The van der Waals surface area contributed by atoms with Gasteiger partial charge in [-0.05, 0) is 19.1 Å². The van der Waals surface area contributed by atoms with Gasteiger partial charge in [-0.25, -0.2) is 0 Å². The van der Waals surface area contributed by atoms with Crippen LogP contribution in [0.1, 0.15) is 13.8 Å². The quantitative estimate of drug-likeness (QED) is 0.649. The van der Waals surface area contributed by atoms with Gasteiger partial charge in [-0.1, -0.05) is 25.1 Å². The van der Waals surface area contributed by atoms with Crippen molar-refractivity contribution in [1.82, 2.24) is 0 Å². The average Bonchev–Trinajstić information content (AvgIpc) is 2.15. The molecule has 0 radical (unpaired) electrons. The number of nitrogens with zero attached hydrogens (tertiary/aromatic N) is 1. The molecule has 0 aliphatic carbocycles.